The number of anilines is 3. The number of aromatic nitrogens is 2. The number of aryl methyl sites for hydroxylation is 2. The number of para-hydroxylation sites is 1. The van der Waals surface area contributed by atoms with Gasteiger partial charge in [-0.3, -0.25) is 0 Å². The summed E-state index contributed by atoms with van der Waals surface area (Å²) >= 11 is 0. The molecule has 45 heavy (non-hydrogen) atoms. The summed E-state index contributed by atoms with van der Waals surface area (Å²) in [6.45, 7) is 12.6. The Labute approximate surface area is 279 Å². The molecule has 0 unspecified atom stereocenters. The largest absolute Gasteiger partial charge is 0.504 e. The summed E-state index contributed by atoms with van der Waals surface area (Å²) < 4.78 is 30.4. The molecule has 0 aliphatic carbocycles. The van der Waals surface area contributed by atoms with Crippen molar-refractivity contribution in [1.29, 1.82) is 0 Å². The molecule has 1 aliphatic heterocycles. The van der Waals surface area contributed by atoms with Crippen molar-refractivity contribution in [3.05, 3.63) is 121 Å². The van der Waals surface area contributed by atoms with Crippen molar-refractivity contribution in [2.24, 2.45) is 0 Å². The minimum atomic E-state index is -3.96. The SMILES string of the molecule is Cc1cc2c(cc1C)N(c1[c-]c(S(=O)(=O)c3[c-]c4c(cc3)c3ccccc3n4-c3cc(C(C)(C)C)ccn3)ccc1)[CH-]N2C.[Pt]. The topological polar surface area (TPSA) is 58.4 Å². The monoisotopic (exact) mass is 792 g/mol. The van der Waals surface area contributed by atoms with Gasteiger partial charge in [0.1, 0.15) is 5.82 Å². The van der Waals surface area contributed by atoms with Crippen LogP contribution in [-0.4, -0.2) is 25.0 Å². The maximum absolute atomic E-state index is 14.2. The van der Waals surface area contributed by atoms with Crippen LogP contribution in [0.3, 0.4) is 0 Å². The van der Waals surface area contributed by atoms with Gasteiger partial charge in [-0.1, -0.05) is 44.5 Å². The van der Waals surface area contributed by atoms with Gasteiger partial charge in [-0.25, -0.2) is 13.4 Å². The molecule has 232 valence electrons. The Morgan fingerprint density at radius 2 is 1.51 bits per heavy atom. The summed E-state index contributed by atoms with van der Waals surface area (Å²) in [4.78, 5) is 8.92. The molecule has 0 N–H and O–H groups in total. The van der Waals surface area contributed by atoms with Crippen molar-refractivity contribution >= 4 is 48.7 Å². The molecule has 0 radical (unpaired) electrons. The van der Waals surface area contributed by atoms with E-state index >= 15 is 0 Å². The van der Waals surface area contributed by atoms with Gasteiger partial charge < -0.3 is 14.4 Å². The van der Waals surface area contributed by atoms with Crippen molar-refractivity contribution in [1.82, 2.24) is 9.55 Å². The zero-order valence-corrected chi connectivity index (χ0v) is 29.1. The summed E-state index contributed by atoms with van der Waals surface area (Å²) in [5.74, 6) is 0.723. The normalized spacial score (nSPS) is 13.4. The van der Waals surface area contributed by atoms with Crippen LogP contribution in [0.15, 0.2) is 94.9 Å². The van der Waals surface area contributed by atoms with Crippen LogP contribution in [0.1, 0.15) is 37.5 Å². The fourth-order valence-corrected chi connectivity index (χ4v) is 7.09. The van der Waals surface area contributed by atoms with E-state index in [1.165, 1.54) is 11.1 Å². The van der Waals surface area contributed by atoms with Gasteiger partial charge in [-0.2, -0.15) is 30.9 Å². The molecule has 0 atom stereocenters. The molecule has 4 aromatic carbocycles. The number of pyridine rings is 1. The minimum Gasteiger partial charge on any atom is -0.504 e. The van der Waals surface area contributed by atoms with Crippen molar-refractivity contribution in [3.63, 3.8) is 0 Å². The third-order valence-electron chi connectivity index (χ3n) is 8.51. The molecule has 0 spiro atoms. The Hall–Kier alpha value is -3.93. The predicted octanol–water partition coefficient (Wildman–Crippen LogP) is 8.23. The van der Waals surface area contributed by atoms with Crippen molar-refractivity contribution in [3.8, 4) is 5.82 Å². The minimum absolute atomic E-state index is 0. The smallest absolute Gasteiger partial charge is 0.160 e. The number of rotatable bonds is 4. The first-order chi connectivity index (χ1) is 20.9. The van der Waals surface area contributed by atoms with Gasteiger partial charge in [0.2, 0.25) is 0 Å². The molecular formula is C37H33N4O2PtS-3. The van der Waals surface area contributed by atoms with E-state index < -0.39 is 9.84 Å². The third-order valence-corrected chi connectivity index (χ3v) is 10.1. The average Bonchev–Trinajstić information content (AvgIpc) is 3.51. The summed E-state index contributed by atoms with van der Waals surface area (Å²) in [5.41, 5.74) is 7.74. The van der Waals surface area contributed by atoms with Gasteiger partial charge in [0, 0.05) is 44.2 Å². The number of sulfone groups is 1. The van der Waals surface area contributed by atoms with E-state index in [1.807, 2.05) is 76.7 Å². The van der Waals surface area contributed by atoms with Crippen LogP contribution < -0.4 is 9.80 Å². The summed E-state index contributed by atoms with van der Waals surface area (Å²) in [5, 5.41) is 1.93. The Balaban J connectivity index is 0.00000357. The van der Waals surface area contributed by atoms with Crippen LogP contribution in [0.25, 0.3) is 27.6 Å². The molecule has 0 amide bonds. The first-order valence-corrected chi connectivity index (χ1v) is 16.1. The van der Waals surface area contributed by atoms with E-state index in [4.69, 9.17) is 4.98 Å². The van der Waals surface area contributed by atoms with Crippen LogP contribution in [-0.2, 0) is 36.3 Å². The summed E-state index contributed by atoms with van der Waals surface area (Å²) in [6, 6.07) is 31.7. The maximum atomic E-state index is 14.2. The molecule has 0 fully saturated rings. The predicted molar refractivity (Wildman–Crippen MR) is 178 cm³/mol. The Morgan fingerprint density at radius 1 is 0.800 bits per heavy atom. The zero-order valence-electron chi connectivity index (χ0n) is 26.0. The van der Waals surface area contributed by atoms with Crippen molar-refractivity contribution in [2.75, 3.05) is 16.8 Å². The molecule has 8 heteroatoms. The molecule has 1 aliphatic rings. The zero-order chi connectivity index (χ0) is 31.0. The van der Waals surface area contributed by atoms with Gasteiger partial charge in [0.25, 0.3) is 0 Å². The summed E-state index contributed by atoms with van der Waals surface area (Å²) in [6.07, 6.45) is 1.81. The fourth-order valence-electron chi connectivity index (χ4n) is 5.88. The fraction of sp³-hybridized carbons (Fsp3) is 0.189. The second kappa shape index (κ2) is 11.1. The van der Waals surface area contributed by atoms with E-state index in [2.05, 4.69) is 65.0 Å². The third kappa shape index (κ3) is 5.16. The standard InChI is InChI=1S/C37H33N4O2S.Pt/c1-24-18-34-35(19-25(24)2)40(23-39(34)6)27-10-9-11-28(21-27)44(42,43)29-14-15-31-30-12-7-8-13-32(30)41(33(31)22-29)36-20-26(16-17-38-36)37(3,4)5;/h7-20,23H,1-6H3;/q-3;. The molecule has 0 saturated carbocycles. The maximum Gasteiger partial charge on any atom is 0.160 e. The van der Waals surface area contributed by atoms with E-state index in [9.17, 15) is 8.42 Å². The van der Waals surface area contributed by atoms with Crippen molar-refractivity contribution in [2.45, 2.75) is 49.8 Å². The first-order valence-electron chi connectivity index (χ1n) is 14.6. The average molecular weight is 793 g/mol. The Kier molecular flexibility index (Phi) is 7.70. The second-order valence-electron chi connectivity index (χ2n) is 12.5. The van der Waals surface area contributed by atoms with Gasteiger partial charge in [0.15, 0.2) is 9.84 Å². The summed E-state index contributed by atoms with van der Waals surface area (Å²) in [7, 11) is -1.97. The van der Waals surface area contributed by atoms with E-state index in [0.717, 1.165) is 39.0 Å². The number of fused-ring (bicyclic) bond motifs is 4. The molecule has 6 nitrogen and oxygen atoms in total. The molecule has 0 saturated heterocycles. The van der Waals surface area contributed by atoms with Gasteiger partial charge >= 0.3 is 0 Å². The van der Waals surface area contributed by atoms with Crippen LogP contribution in [0.5, 0.6) is 0 Å². The van der Waals surface area contributed by atoms with E-state index in [1.54, 1.807) is 18.2 Å². The van der Waals surface area contributed by atoms with Gasteiger partial charge in [-0.15, -0.1) is 29.3 Å². The quantitative estimate of drug-likeness (QED) is 0.169. The molecule has 7 rings (SSSR count). The molecule has 2 aromatic heterocycles. The van der Waals surface area contributed by atoms with Crippen molar-refractivity contribution < 1.29 is 29.5 Å². The van der Waals surface area contributed by atoms with E-state index in [-0.39, 0.29) is 36.3 Å². The number of hydrogen-bond acceptors (Lipinski definition) is 5. The molecule has 3 heterocycles. The Bertz CT molecular complexity index is 2220. The van der Waals surface area contributed by atoms with E-state index in [0.29, 0.717) is 11.2 Å². The first kappa shape index (κ1) is 31.1. The molecule has 6 aromatic rings. The van der Waals surface area contributed by atoms with Crippen LogP contribution >= 0.6 is 0 Å². The Morgan fingerprint density at radius 3 is 2.27 bits per heavy atom. The number of benzene rings is 4. The molecule has 0 bridgehead atoms. The number of nitrogens with zero attached hydrogens (tertiary/aromatic N) is 4. The van der Waals surface area contributed by atoms with Crippen LogP contribution in [0.2, 0.25) is 0 Å². The van der Waals surface area contributed by atoms with Gasteiger partial charge in [-0.05, 0) is 88.5 Å². The number of hydrogen-bond donors (Lipinski definition) is 0. The van der Waals surface area contributed by atoms with Crippen LogP contribution in [0.4, 0.5) is 17.1 Å². The second-order valence-corrected chi connectivity index (χ2v) is 14.4. The molecular weight excluding hydrogens is 760 g/mol. The van der Waals surface area contributed by atoms with Crippen LogP contribution in [0, 0.1) is 32.6 Å². The van der Waals surface area contributed by atoms with Gasteiger partial charge in [0.05, 0.1) is 0 Å².